The van der Waals surface area contributed by atoms with Crippen LogP contribution in [-0.4, -0.2) is 22.0 Å². The number of nitrogens with zero attached hydrogens (tertiary/aromatic N) is 2. The van der Waals surface area contributed by atoms with Gasteiger partial charge in [0, 0.05) is 19.3 Å². The Balaban J connectivity index is 2.30. The number of nitrogen functional groups attached to an aromatic ring is 1. The third-order valence-electron chi connectivity index (χ3n) is 2.00. The van der Waals surface area contributed by atoms with Crippen molar-refractivity contribution in [2.75, 3.05) is 11.9 Å². The monoisotopic (exact) mass is 181 g/mol. The summed E-state index contributed by atoms with van der Waals surface area (Å²) in [6, 6.07) is 0. The van der Waals surface area contributed by atoms with Gasteiger partial charge in [0.25, 0.3) is 5.91 Å². The number of imidazole rings is 1. The first-order chi connectivity index (χ1) is 6.31. The molecule has 6 nitrogen and oxygen atoms in total. The first-order valence-corrected chi connectivity index (χ1v) is 4.13. The van der Waals surface area contributed by atoms with E-state index in [9.17, 15) is 4.79 Å². The molecule has 70 valence electrons. The summed E-state index contributed by atoms with van der Waals surface area (Å²) in [7, 11) is 0. The van der Waals surface area contributed by atoms with Crippen LogP contribution in [0.2, 0.25) is 0 Å². The van der Waals surface area contributed by atoms with Crippen LogP contribution in [0.25, 0.3) is 0 Å². The van der Waals surface area contributed by atoms with Gasteiger partial charge in [-0.1, -0.05) is 0 Å². The Kier molecular flexibility index (Phi) is 1.90. The van der Waals surface area contributed by atoms with Gasteiger partial charge in [-0.05, 0) is 6.42 Å². The van der Waals surface area contributed by atoms with Crippen molar-refractivity contribution >= 4 is 11.9 Å². The van der Waals surface area contributed by atoms with Gasteiger partial charge in [-0.25, -0.2) is 10.8 Å². The van der Waals surface area contributed by atoms with Crippen LogP contribution in [0.1, 0.15) is 16.9 Å². The zero-order chi connectivity index (χ0) is 9.26. The summed E-state index contributed by atoms with van der Waals surface area (Å²) in [4.78, 5) is 15.2. The number of amides is 1. The van der Waals surface area contributed by atoms with Gasteiger partial charge in [0.2, 0.25) is 5.95 Å². The molecule has 0 saturated carbocycles. The summed E-state index contributed by atoms with van der Waals surface area (Å²) in [5.74, 6) is 5.38. The zero-order valence-corrected chi connectivity index (χ0v) is 7.08. The molecule has 0 atom stereocenters. The van der Waals surface area contributed by atoms with E-state index in [1.54, 1.807) is 6.20 Å². The molecule has 1 aromatic heterocycles. The second-order valence-electron chi connectivity index (χ2n) is 2.90. The van der Waals surface area contributed by atoms with Crippen molar-refractivity contribution in [3.63, 3.8) is 0 Å². The zero-order valence-electron chi connectivity index (χ0n) is 7.08. The van der Waals surface area contributed by atoms with Gasteiger partial charge in [0.15, 0.2) is 0 Å². The Morgan fingerprint density at radius 3 is 3.31 bits per heavy atom. The Morgan fingerprint density at radius 1 is 1.77 bits per heavy atom. The molecule has 2 rings (SSSR count). The van der Waals surface area contributed by atoms with Crippen molar-refractivity contribution in [1.82, 2.24) is 15.0 Å². The fourth-order valence-electron chi connectivity index (χ4n) is 1.36. The molecule has 13 heavy (non-hydrogen) atoms. The maximum Gasteiger partial charge on any atom is 0.285 e. The molecular formula is C7H11N5O. The molecule has 0 aromatic carbocycles. The minimum absolute atomic E-state index is 0.354. The summed E-state index contributed by atoms with van der Waals surface area (Å²) < 4.78 is 1.91. The van der Waals surface area contributed by atoms with Gasteiger partial charge in [-0.2, -0.15) is 0 Å². The first kappa shape index (κ1) is 8.06. The van der Waals surface area contributed by atoms with Crippen molar-refractivity contribution in [3.05, 3.63) is 11.9 Å². The molecule has 0 spiro atoms. The number of carbonyl (C=O) groups excluding carboxylic acids is 1. The minimum atomic E-state index is -0.358. The van der Waals surface area contributed by atoms with Gasteiger partial charge >= 0.3 is 0 Å². The fourth-order valence-corrected chi connectivity index (χ4v) is 1.36. The Bertz CT molecular complexity index is 308. The van der Waals surface area contributed by atoms with Crippen molar-refractivity contribution in [1.29, 1.82) is 0 Å². The van der Waals surface area contributed by atoms with Crippen LogP contribution in [0.3, 0.4) is 0 Å². The Hall–Kier alpha value is -1.56. The number of fused-ring (bicyclic) bond motifs is 1. The molecule has 1 aliphatic rings. The summed E-state index contributed by atoms with van der Waals surface area (Å²) >= 11 is 0. The standard InChI is InChI=1S/C7H11N5O/c8-11-6(13)5-4-12-3-1-2-9-7(12)10-5/h4H,1-3,8H2,(H,9,10)(H,11,13). The minimum Gasteiger partial charge on any atom is -0.356 e. The lowest BCUT2D eigenvalue weighted by molar-refractivity contribution is 0.0949. The second-order valence-corrected chi connectivity index (χ2v) is 2.90. The van der Waals surface area contributed by atoms with E-state index in [-0.39, 0.29) is 5.91 Å². The number of hydrazine groups is 1. The van der Waals surface area contributed by atoms with Crippen molar-refractivity contribution < 1.29 is 4.79 Å². The number of nitrogens with two attached hydrogens (primary N) is 1. The normalized spacial score (nSPS) is 14.5. The molecule has 0 unspecified atom stereocenters. The molecular weight excluding hydrogens is 170 g/mol. The van der Waals surface area contributed by atoms with Crippen molar-refractivity contribution in [2.24, 2.45) is 5.84 Å². The van der Waals surface area contributed by atoms with Gasteiger partial charge in [-0.3, -0.25) is 10.2 Å². The molecule has 4 N–H and O–H groups in total. The molecule has 0 bridgehead atoms. The number of nitrogens with one attached hydrogen (secondary N) is 2. The molecule has 1 aliphatic heterocycles. The highest BCUT2D eigenvalue weighted by Crippen LogP contribution is 2.13. The van der Waals surface area contributed by atoms with E-state index in [1.807, 2.05) is 9.99 Å². The van der Waals surface area contributed by atoms with E-state index >= 15 is 0 Å². The number of aryl methyl sites for hydroxylation is 1. The highest BCUT2D eigenvalue weighted by molar-refractivity contribution is 5.92. The highest BCUT2D eigenvalue weighted by atomic mass is 16.2. The third kappa shape index (κ3) is 1.35. The average Bonchev–Trinajstić information content (AvgIpc) is 2.59. The predicted octanol–water partition coefficient (Wildman–Crippen LogP) is -0.698. The molecule has 0 radical (unpaired) electrons. The maximum absolute atomic E-state index is 11.1. The molecule has 1 aromatic rings. The molecule has 0 fully saturated rings. The molecule has 0 aliphatic carbocycles. The van der Waals surface area contributed by atoms with E-state index in [0.717, 1.165) is 25.5 Å². The molecule has 2 heterocycles. The predicted molar refractivity (Wildman–Crippen MR) is 47.0 cm³/mol. The van der Waals surface area contributed by atoms with Gasteiger partial charge in [-0.15, -0.1) is 0 Å². The number of hydrogen-bond acceptors (Lipinski definition) is 4. The number of rotatable bonds is 1. The van der Waals surface area contributed by atoms with Crippen LogP contribution >= 0.6 is 0 Å². The second kappa shape index (κ2) is 3.06. The van der Waals surface area contributed by atoms with Crippen molar-refractivity contribution in [2.45, 2.75) is 13.0 Å². The van der Waals surface area contributed by atoms with Crippen LogP contribution in [-0.2, 0) is 6.54 Å². The lowest BCUT2D eigenvalue weighted by atomic mass is 10.4. The summed E-state index contributed by atoms with van der Waals surface area (Å²) in [5.41, 5.74) is 2.40. The highest BCUT2D eigenvalue weighted by Gasteiger charge is 2.15. The quantitative estimate of drug-likeness (QED) is 0.304. The van der Waals surface area contributed by atoms with E-state index in [0.29, 0.717) is 5.69 Å². The SMILES string of the molecule is NNC(=O)c1cn2c(n1)NCCC2. The van der Waals surface area contributed by atoms with Gasteiger partial charge < -0.3 is 9.88 Å². The smallest absolute Gasteiger partial charge is 0.285 e. The summed E-state index contributed by atoms with van der Waals surface area (Å²) in [6.45, 7) is 1.80. The van der Waals surface area contributed by atoms with E-state index < -0.39 is 0 Å². The van der Waals surface area contributed by atoms with Crippen LogP contribution in [0.5, 0.6) is 0 Å². The topological polar surface area (TPSA) is 85.0 Å². The molecule has 6 heteroatoms. The number of carbonyl (C=O) groups is 1. The Morgan fingerprint density at radius 2 is 2.62 bits per heavy atom. The lowest BCUT2D eigenvalue weighted by Crippen LogP contribution is -2.30. The van der Waals surface area contributed by atoms with E-state index in [2.05, 4.69) is 10.3 Å². The number of hydrogen-bond donors (Lipinski definition) is 3. The van der Waals surface area contributed by atoms with Gasteiger partial charge in [0.1, 0.15) is 5.69 Å². The summed E-state index contributed by atoms with van der Waals surface area (Å²) in [6.07, 6.45) is 2.75. The average molecular weight is 181 g/mol. The lowest BCUT2D eigenvalue weighted by Gasteiger charge is -2.14. The van der Waals surface area contributed by atoms with Gasteiger partial charge in [0.05, 0.1) is 0 Å². The maximum atomic E-state index is 11.1. The number of anilines is 1. The number of aromatic nitrogens is 2. The van der Waals surface area contributed by atoms with Crippen LogP contribution in [0.4, 0.5) is 5.95 Å². The third-order valence-corrected chi connectivity index (χ3v) is 2.00. The summed E-state index contributed by atoms with van der Waals surface area (Å²) in [5, 5.41) is 3.09. The molecule has 0 saturated heterocycles. The van der Waals surface area contributed by atoms with E-state index in [4.69, 9.17) is 5.84 Å². The first-order valence-electron chi connectivity index (χ1n) is 4.13. The Labute approximate surface area is 75.1 Å². The van der Waals surface area contributed by atoms with Crippen LogP contribution < -0.4 is 16.6 Å². The van der Waals surface area contributed by atoms with E-state index in [1.165, 1.54) is 0 Å². The van der Waals surface area contributed by atoms with Crippen LogP contribution in [0.15, 0.2) is 6.20 Å². The van der Waals surface area contributed by atoms with Crippen molar-refractivity contribution in [3.8, 4) is 0 Å². The fraction of sp³-hybridized carbons (Fsp3) is 0.429. The molecule has 1 amide bonds. The largest absolute Gasteiger partial charge is 0.356 e. The van der Waals surface area contributed by atoms with Crippen LogP contribution in [0, 0.1) is 0 Å².